The molecule has 0 saturated carbocycles. The number of ether oxygens (including phenoxy) is 2. The second-order valence-corrected chi connectivity index (χ2v) is 8.85. The van der Waals surface area contributed by atoms with E-state index in [1.54, 1.807) is 17.0 Å². The zero-order chi connectivity index (χ0) is 20.9. The number of piperidine rings is 1. The molecule has 0 N–H and O–H groups in total. The Morgan fingerprint density at radius 1 is 1.25 bits per heavy atom. The van der Waals surface area contributed by atoms with Crippen LogP contribution in [-0.4, -0.2) is 42.4 Å². The van der Waals surface area contributed by atoms with Crippen LogP contribution in [0.25, 0.3) is 0 Å². The van der Waals surface area contributed by atoms with Gasteiger partial charge in [0.15, 0.2) is 0 Å². The Morgan fingerprint density at radius 3 is 2.39 bits per heavy atom. The zero-order valence-electron chi connectivity index (χ0n) is 16.8. The summed E-state index contributed by atoms with van der Waals surface area (Å²) in [6.45, 7) is 14.8. The molecule has 1 saturated heterocycles. The fraction of sp³-hybridized carbons (Fsp3) is 0.500. The Morgan fingerprint density at radius 2 is 1.89 bits per heavy atom. The van der Waals surface area contributed by atoms with Crippen molar-refractivity contribution in [2.24, 2.45) is 0 Å². The van der Waals surface area contributed by atoms with Crippen molar-refractivity contribution < 1.29 is 14.3 Å². The Hall–Kier alpha value is -1.49. The van der Waals surface area contributed by atoms with Crippen LogP contribution in [0.3, 0.4) is 0 Å². The summed E-state index contributed by atoms with van der Waals surface area (Å²) >= 11 is 12.4. The molecule has 0 radical (unpaired) electrons. The summed E-state index contributed by atoms with van der Waals surface area (Å²) in [5.41, 5.74) is 0.142. The van der Waals surface area contributed by atoms with Gasteiger partial charge in [0.25, 0.3) is 0 Å². The lowest BCUT2D eigenvalue weighted by molar-refractivity contribution is -0.00813. The average molecular weight is 426 g/mol. The molecule has 28 heavy (non-hydrogen) atoms. The van der Waals surface area contributed by atoms with Crippen LogP contribution in [0.5, 0.6) is 0 Å². The van der Waals surface area contributed by atoms with Crippen LogP contribution in [0.1, 0.15) is 39.2 Å². The third-order valence-corrected chi connectivity index (χ3v) is 5.69. The summed E-state index contributed by atoms with van der Waals surface area (Å²) in [6, 6.07) is 5.67. The number of likely N-dealkylation sites (tertiary alicyclic amines) is 1. The Labute approximate surface area is 178 Å². The molecule has 1 aliphatic rings. The molecule has 0 aromatic heterocycles. The van der Waals surface area contributed by atoms with Crippen molar-refractivity contribution in [2.45, 2.75) is 50.7 Å². The molecule has 0 aliphatic carbocycles. The van der Waals surface area contributed by atoms with E-state index in [-0.39, 0.29) is 17.6 Å². The minimum absolute atomic E-state index is 0.247. The van der Waals surface area contributed by atoms with E-state index in [1.807, 2.05) is 39.0 Å². The highest BCUT2D eigenvalue weighted by Gasteiger charge is 2.44. The van der Waals surface area contributed by atoms with Crippen molar-refractivity contribution in [3.8, 4) is 0 Å². The van der Waals surface area contributed by atoms with E-state index >= 15 is 0 Å². The van der Waals surface area contributed by atoms with E-state index in [0.29, 0.717) is 42.6 Å². The highest BCUT2D eigenvalue weighted by atomic mass is 35.5. The molecular formula is C22H29Cl2NO3. The smallest absolute Gasteiger partial charge is 0.410 e. The molecule has 0 spiro atoms. The van der Waals surface area contributed by atoms with Gasteiger partial charge >= 0.3 is 6.09 Å². The van der Waals surface area contributed by atoms with E-state index < -0.39 is 5.60 Å². The number of halogens is 2. The van der Waals surface area contributed by atoms with Crippen LogP contribution >= 0.6 is 23.2 Å². The van der Waals surface area contributed by atoms with Gasteiger partial charge in [0.2, 0.25) is 0 Å². The van der Waals surface area contributed by atoms with Gasteiger partial charge in [-0.1, -0.05) is 41.4 Å². The zero-order valence-corrected chi connectivity index (χ0v) is 18.4. The van der Waals surface area contributed by atoms with Crippen LogP contribution in [0.2, 0.25) is 10.0 Å². The summed E-state index contributed by atoms with van der Waals surface area (Å²) in [4.78, 5) is 14.2. The Kier molecular flexibility index (Phi) is 7.60. The van der Waals surface area contributed by atoms with Gasteiger partial charge in [-0.3, -0.25) is 0 Å². The molecule has 6 heteroatoms. The lowest BCUT2D eigenvalue weighted by Crippen LogP contribution is -2.51. The van der Waals surface area contributed by atoms with Gasteiger partial charge in [0.1, 0.15) is 5.60 Å². The Bertz CT molecular complexity index is 719. The molecule has 1 amide bonds. The number of hydrogen-bond acceptors (Lipinski definition) is 3. The highest BCUT2D eigenvalue weighted by Crippen LogP contribution is 2.42. The van der Waals surface area contributed by atoms with Crippen LogP contribution in [-0.2, 0) is 14.9 Å². The standard InChI is InChI=1S/C22H29Cl2NO3/c1-6-14-27-19(7-2)22(16-8-9-17(23)18(24)15-16)10-12-25(13-11-22)20(26)28-21(3,4)5/h6-9,15,19H,1-2,10-14H2,3-5H3. The molecule has 1 aromatic rings. The predicted octanol–water partition coefficient (Wildman–Crippen LogP) is 6.02. The SMILES string of the molecule is C=CCOC(C=C)C1(c2ccc(Cl)c(Cl)c2)CCN(C(=O)OC(C)(C)C)CC1. The fourth-order valence-electron chi connectivity index (χ4n) is 3.58. The lowest BCUT2D eigenvalue weighted by atomic mass is 9.68. The van der Waals surface area contributed by atoms with E-state index in [0.717, 1.165) is 5.56 Å². The summed E-state index contributed by atoms with van der Waals surface area (Å²) < 4.78 is 11.6. The first-order valence-corrected chi connectivity index (χ1v) is 10.2. The highest BCUT2D eigenvalue weighted by molar-refractivity contribution is 6.42. The number of amides is 1. The largest absolute Gasteiger partial charge is 0.444 e. The van der Waals surface area contributed by atoms with Crippen LogP contribution in [0.4, 0.5) is 4.79 Å². The molecule has 2 rings (SSSR count). The molecule has 4 nitrogen and oxygen atoms in total. The van der Waals surface area contributed by atoms with Crippen molar-refractivity contribution in [3.05, 3.63) is 59.1 Å². The number of carbonyl (C=O) groups excluding carboxylic acids is 1. The normalized spacial score (nSPS) is 17.7. The topological polar surface area (TPSA) is 38.8 Å². The second kappa shape index (κ2) is 9.34. The van der Waals surface area contributed by atoms with E-state index in [2.05, 4.69) is 13.2 Å². The second-order valence-electron chi connectivity index (χ2n) is 8.03. The van der Waals surface area contributed by atoms with Gasteiger partial charge in [0, 0.05) is 18.5 Å². The number of carbonyl (C=O) groups is 1. The van der Waals surface area contributed by atoms with Crippen molar-refractivity contribution in [1.82, 2.24) is 4.90 Å². The maximum atomic E-state index is 12.5. The van der Waals surface area contributed by atoms with E-state index in [4.69, 9.17) is 32.7 Å². The van der Waals surface area contributed by atoms with Gasteiger partial charge in [-0.2, -0.15) is 0 Å². The van der Waals surface area contributed by atoms with Crippen molar-refractivity contribution in [3.63, 3.8) is 0 Å². The third kappa shape index (κ3) is 5.31. The lowest BCUT2D eigenvalue weighted by Gasteiger charge is -2.46. The maximum Gasteiger partial charge on any atom is 0.410 e. The molecule has 1 aliphatic heterocycles. The van der Waals surface area contributed by atoms with Crippen LogP contribution < -0.4 is 0 Å². The molecule has 154 valence electrons. The summed E-state index contributed by atoms with van der Waals surface area (Å²) in [5.74, 6) is 0. The minimum Gasteiger partial charge on any atom is -0.444 e. The summed E-state index contributed by atoms with van der Waals surface area (Å²) in [7, 11) is 0. The molecule has 1 aromatic carbocycles. The van der Waals surface area contributed by atoms with Gasteiger partial charge in [-0.15, -0.1) is 13.2 Å². The van der Waals surface area contributed by atoms with Crippen molar-refractivity contribution >= 4 is 29.3 Å². The quantitative estimate of drug-likeness (QED) is 0.522. The first-order chi connectivity index (χ1) is 13.1. The monoisotopic (exact) mass is 425 g/mol. The van der Waals surface area contributed by atoms with E-state index in [1.165, 1.54) is 0 Å². The molecule has 1 unspecified atom stereocenters. The Balaban J connectivity index is 2.31. The van der Waals surface area contributed by atoms with Gasteiger partial charge < -0.3 is 14.4 Å². The average Bonchev–Trinajstić information content (AvgIpc) is 2.63. The molecule has 1 fully saturated rings. The summed E-state index contributed by atoms with van der Waals surface area (Å²) in [5, 5.41) is 1.01. The molecule has 1 atom stereocenters. The maximum absolute atomic E-state index is 12.5. The van der Waals surface area contributed by atoms with Crippen molar-refractivity contribution in [2.75, 3.05) is 19.7 Å². The predicted molar refractivity (Wildman–Crippen MR) is 115 cm³/mol. The van der Waals surface area contributed by atoms with E-state index in [9.17, 15) is 4.79 Å². The summed E-state index contributed by atoms with van der Waals surface area (Å²) in [6.07, 6.45) is 4.38. The van der Waals surface area contributed by atoms with Gasteiger partial charge in [-0.05, 0) is 51.3 Å². The van der Waals surface area contributed by atoms with Crippen molar-refractivity contribution in [1.29, 1.82) is 0 Å². The fourth-order valence-corrected chi connectivity index (χ4v) is 3.88. The molecule has 0 bridgehead atoms. The number of nitrogens with zero attached hydrogens (tertiary/aromatic N) is 1. The third-order valence-electron chi connectivity index (χ3n) is 4.95. The number of benzene rings is 1. The van der Waals surface area contributed by atoms with Crippen LogP contribution in [0, 0.1) is 0 Å². The first-order valence-electron chi connectivity index (χ1n) is 9.41. The molecule has 1 heterocycles. The van der Waals surface area contributed by atoms with Gasteiger partial charge in [0.05, 0.1) is 22.8 Å². The number of hydrogen-bond donors (Lipinski definition) is 0. The first kappa shape index (κ1) is 22.8. The molecular weight excluding hydrogens is 397 g/mol. The van der Waals surface area contributed by atoms with Gasteiger partial charge in [-0.25, -0.2) is 4.79 Å². The number of rotatable bonds is 6. The van der Waals surface area contributed by atoms with Crippen LogP contribution in [0.15, 0.2) is 43.5 Å². The minimum atomic E-state index is -0.522.